The topological polar surface area (TPSA) is 126 Å². The molecule has 14 heteroatoms. The van der Waals surface area contributed by atoms with Crippen molar-refractivity contribution in [2.45, 2.75) is 44.0 Å². The lowest BCUT2D eigenvalue weighted by molar-refractivity contribution is -0.385. The fourth-order valence-corrected chi connectivity index (χ4v) is 4.73. The summed E-state index contributed by atoms with van der Waals surface area (Å²) in [5.41, 5.74) is 2.78. The number of ether oxygens (including phenoxy) is 1. The van der Waals surface area contributed by atoms with E-state index in [9.17, 15) is 23.3 Å². The van der Waals surface area contributed by atoms with Crippen molar-refractivity contribution in [3.63, 3.8) is 0 Å². The van der Waals surface area contributed by atoms with Crippen molar-refractivity contribution in [1.29, 1.82) is 0 Å². The monoisotopic (exact) mass is 540 g/mol. The van der Waals surface area contributed by atoms with Crippen molar-refractivity contribution in [1.82, 2.24) is 20.0 Å². The van der Waals surface area contributed by atoms with Crippen LogP contribution in [0.2, 0.25) is 0 Å². The van der Waals surface area contributed by atoms with Gasteiger partial charge in [-0.3, -0.25) is 19.7 Å². The van der Waals surface area contributed by atoms with Gasteiger partial charge in [0.1, 0.15) is 0 Å². The molecule has 11 nitrogen and oxygen atoms in total. The number of nitro groups is 1. The number of rotatable bonds is 6. The summed E-state index contributed by atoms with van der Waals surface area (Å²) in [5, 5.41) is 26.6. The molecule has 0 radical (unpaired) electrons. The van der Waals surface area contributed by atoms with E-state index in [1.165, 1.54) is 0 Å². The molecule has 0 atom stereocenters. The molecule has 5 rings (SSSR count). The zero-order chi connectivity index (χ0) is 27.4. The standard InChI is InChI=1S/C22H30N6O3.C2HF3O2/c1-25-15-16(14-24-25)19-12-21(28(29)30)22(31-18-2-3-18)13-20(19)27-8-4-17(5-9-27)26-10-6-23-7-11-26;3-2(4,5)1(6)7/h12-15,17-18,23H,2-11H2,1H3;(H,6,7). The van der Waals surface area contributed by atoms with Crippen LogP contribution < -0.4 is 15.0 Å². The van der Waals surface area contributed by atoms with Gasteiger partial charge in [-0.2, -0.15) is 18.3 Å². The van der Waals surface area contributed by atoms with E-state index in [4.69, 9.17) is 14.6 Å². The van der Waals surface area contributed by atoms with Crippen LogP contribution in [0.4, 0.5) is 24.5 Å². The van der Waals surface area contributed by atoms with Crippen LogP contribution in [-0.2, 0) is 11.8 Å². The molecule has 1 aromatic carbocycles. The van der Waals surface area contributed by atoms with Gasteiger partial charge in [0.05, 0.1) is 17.2 Å². The third-order valence-corrected chi connectivity index (χ3v) is 6.82. The molecule has 38 heavy (non-hydrogen) atoms. The lowest BCUT2D eigenvalue weighted by Gasteiger charge is -2.41. The summed E-state index contributed by atoms with van der Waals surface area (Å²) in [6, 6.07) is 4.18. The summed E-state index contributed by atoms with van der Waals surface area (Å²) in [7, 11) is 1.86. The molecule has 0 amide bonds. The average molecular weight is 541 g/mol. The van der Waals surface area contributed by atoms with E-state index in [0.29, 0.717) is 11.8 Å². The number of piperidine rings is 1. The molecule has 1 aliphatic carbocycles. The molecular formula is C24H31F3N6O5. The third kappa shape index (κ3) is 6.92. The molecule has 2 aromatic rings. The molecule has 1 aromatic heterocycles. The number of aliphatic carboxylic acids is 1. The van der Waals surface area contributed by atoms with Gasteiger partial charge < -0.3 is 20.1 Å². The first-order valence-corrected chi connectivity index (χ1v) is 12.5. The summed E-state index contributed by atoms with van der Waals surface area (Å²) < 4.78 is 39.4. The SMILES string of the molecule is Cn1cc(-c2cc([N+](=O)[O-])c(OC3CC3)cc2N2CCC(N3CCNCC3)CC2)cn1.O=C(O)C(F)(F)F. The maximum absolute atomic E-state index is 11.8. The van der Waals surface area contributed by atoms with Gasteiger partial charge in [-0.05, 0) is 25.7 Å². The molecule has 3 aliphatic rings. The van der Waals surface area contributed by atoms with Crippen molar-refractivity contribution in [3.8, 4) is 16.9 Å². The Morgan fingerprint density at radius 1 is 1.16 bits per heavy atom. The van der Waals surface area contributed by atoms with E-state index in [1.807, 2.05) is 19.3 Å². The number of hydrogen-bond acceptors (Lipinski definition) is 8. The minimum atomic E-state index is -5.08. The predicted molar refractivity (Wildman–Crippen MR) is 132 cm³/mol. The summed E-state index contributed by atoms with van der Waals surface area (Å²) in [6.07, 6.45) is 2.84. The number of anilines is 1. The number of aryl methyl sites for hydroxylation is 1. The molecule has 0 bridgehead atoms. The van der Waals surface area contributed by atoms with Crippen LogP contribution in [0.1, 0.15) is 25.7 Å². The first kappa shape index (κ1) is 27.6. The lowest BCUT2D eigenvalue weighted by Crippen LogP contribution is -2.52. The summed E-state index contributed by atoms with van der Waals surface area (Å²) in [4.78, 5) is 25.3. The minimum absolute atomic E-state index is 0.0326. The summed E-state index contributed by atoms with van der Waals surface area (Å²) >= 11 is 0. The Balaban J connectivity index is 0.000000426. The second-order valence-electron chi connectivity index (χ2n) is 9.62. The quantitative estimate of drug-likeness (QED) is 0.420. The van der Waals surface area contributed by atoms with Crippen molar-refractivity contribution in [3.05, 3.63) is 34.6 Å². The highest BCUT2D eigenvalue weighted by Crippen LogP contribution is 2.43. The normalized spacial score (nSPS) is 19.0. The first-order chi connectivity index (χ1) is 18.0. The van der Waals surface area contributed by atoms with Crippen LogP contribution >= 0.6 is 0 Å². The van der Waals surface area contributed by atoms with Crippen LogP contribution in [0.5, 0.6) is 5.75 Å². The lowest BCUT2D eigenvalue weighted by atomic mass is 9.98. The molecule has 0 spiro atoms. The number of carbonyl (C=O) groups is 1. The molecule has 2 saturated heterocycles. The Kier molecular flexibility index (Phi) is 8.41. The van der Waals surface area contributed by atoms with Crippen molar-refractivity contribution in [2.24, 2.45) is 7.05 Å². The molecule has 0 unspecified atom stereocenters. The smallest absolute Gasteiger partial charge is 0.483 e. The number of halogens is 3. The number of benzene rings is 1. The molecular weight excluding hydrogens is 509 g/mol. The number of nitro benzene ring substituents is 1. The number of carboxylic acid groups (broad SMARTS) is 1. The van der Waals surface area contributed by atoms with Crippen LogP contribution in [0, 0.1) is 10.1 Å². The fourth-order valence-electron chi connectivity index (χ4n) is 4.73. The highest BCUT2D eigenvalue weighted by atomic mass is 19.4. The fraction of sp³-hybridized carbons (Fsp3) is 0.583. The predicted octanol–water partition coefficient (Wildman–Crippen LogP) is 3.04. The molecule has 3 fully saturated rings. The molecule has 3 heterocycles. The van der Waals surface area contributed by atoms with Gasteiger partial charge in [0.15, 0.2) is 5.75 Å². The molecule has 2 aliphatic heterocycles. The minimum Gasteiger partial charge on any atom is -0.483 e. The number of alkyl halides is 3. The zero-order valence-electron chi connectivity index (χ0n) is 21.0. The zero-order valence-corrected chi connectivity index (χ0v) is 21.0. The summed E-state index contributed by atoms with van der Waals surface area (Å²) in [6.45, 7) is 6.22. The van der Waals surface area contributed by atoms with Crippen molar-refractivity contribution < 1.29 is 32.7 Å². The van der Waals surface area contributed by atoms with Crippen molar-refractivity contribution in [2.75, 3.05) is 44.2 Å². The second kappa shape index (κ2) is 11.6. The maximum Gasteiger partial charge on any atom is 0.490 e. The van der Waals surface area contributed by atoms with Crippen LogP contribution in [0.15, 0.2) is 24.5 Å². The van der Waals surface area contributed by atoms with E-state index < -0.39 is 12.1 Å². The van der Waals surface area contributed by atoms with E-state index in [0.717, 1.165) is 81.8 Å². The van der Waals surface area contributed by atoms with Gasteiger partial charge in [-0.25, -0.2) is 4.79 Å². The van der Waals surface area contributed by atoms with E-state index in [2.05, 4.69) is 20.2 Å². The van der Waals surface area contributed by atoms with Crippen LogP contribution in [0.25, 0.3) is 11.1 Å². The Morgan fingerprint density at radius 3 is 2.29 bits per heavy atom. The molecule has 1 saturated carbocycles. The summed E-state index contributed by atoms with van der Waals surface area (Å²) in [5.74, 6) is -2.37. The number of aromatic nitrogens is 2. The van der Waals surface area contributed by atoms with Gasteiger partial charge in [-0.15, -0.1) is 0 Å². The third-order valence-electron chi connectivity index (χ3n) is 6.82. The first-order valence-electron chi connectivity index (χ1n) is 12.5. The highest BCUT2D eigenvalue weighted by Gasteiger charge is 2.38. The Bertz CT molecular complexity index is 1140. The van der Waals surface area contributed by atoms with E-state index >= 15 is 0 Å². The van der Waals surface area contributed by atoms with Gasteiger partial charge >= 0.3 is 17.8 Å². The second-order valence-corrected chi connectivity index (χ2v) is 9.62. The Hall–Kier alpha value is -3.39. The average Bonchev–Trinajstić information content (AvgIpc) is 3.60. The number of nitrogens with one attached hydrogen (secondary N) is 1. The number of piperazine rings is 1. The van der Waals surface area contributed by atoms with Gasteiger partial charge in [0.25, 0.3) is 0 Å². The largest absolute Gasteiger partial charge is 0.490 e. The van der Waals surface area contributed by atoms with Crippen LogP contribution in [0.3, 0.4) is 0 Å². The Morgan fingerprint density at radius 2 is 1.79 bits per heavy atom. The number of hydrogen-bond donors (Lipinski definition) is 2. The van der Waals surface area contributed by atoms with Crippen LogP contribution in [-0.4, -0.2) is 88.3 Å². The van der Waals surface area contributed by atoms with E-state index in [1.54, 1.807) is 16.9 Å². The maximum atomic E-state index is 11.8. The van der Waals surface area contributed by atoms with Gasteiger partial charge in [0.2, 0.25) is 0 Å². The highest BCUT2D eigenvalue weighted by molar-refractivity contribution is 5.82. The molecule has 2 N–H and O–H groups in total. The van der Waals surface area contributed by atoms with Crippen molar-refractivity contribution >= 4 is 17.3 Å². The van der Waals surface area contributed by atoms with E-state index in [-0.39, 0.29) is 16.7 Å². The number of nitrogens with zero attached hydrogens (tertiary/aromatic N) is 5. The Labute approximate surface area is 217 Å². The number of carboxylic acids is 1. The van der Waals surface area contributed by atoms with Gasteiger partial charge in [-0.1, -0.05) is 0 Å². The molecule has 208 valence electrons. The van der Waals surface area contributed by atoms with Gasteiger partial charge in [0, 0.05) is 87.5 Å².